The Morgan fingerprint density at radius 3 is 2.70 bits per heavy atom. The van der Waals surface area contributed by atoms with Crippen molar-refractivity contribution in [2.45, 2.75) is 59.6 Å². The van der Waals surface area contributed by atoms with Crippen molar-refractivity contribution in [3.05, 3.63) is 49.6 Å². The fourth-order valence-electron chi connectivity index (χ4n) is 3.62. The Bertz CT molecular complexity index is 1120. The SMILES string of the molecule is Cc1sc2nc([C@@H](C)OC(=O)c3cc(C)n(C4CC4)c3C)[nH]c(=O)c2c1C. The van der Waals surface area contributed by atoms with E-state index in [-0.39, 0.29) is 11.5 Å². The lowest BCUT2D eigenvalue weighted by Gasteiger charge is -2.13. The van der Waals surface area contributed by atoms with E-state index in [1.807, 2.05) is 33.8 Å². The van der Waals surface area contributed by atoms with Crippen LogP contribution in [-0.2, 0) is 4.74 Å². The Labute approximate surface area is 161 Å². The number of carbonyl (C=O) groups excluding carboxylic acids is 1. The van der Waals surface area contributed by atoms with Crippen LogP contribution in [0.4, 0.5) is 0 Å². The molecule has 1 aliphatic carbocycles. The summed E-state index contributed by atoms with van der Waals surface area (Å²) >= 11 is 1.48. The molecule has 0 amide bonds. The third-order valence-corrected chi connectivity index (χ3v) is 6.44. The Morgan fingerprint density at radius 2 is 2.04 bits per heavy atom. The molecular formula is C20H23N3O3S. The highest BCUT2D eigenvalue weighted by Crippen LogP contribution is 2.38. The number of aromatic amines is 1. The Hall–Kier alpha value is -2.41. The summed E-state index contributed by atoms with van der Waals surface area (Å²) in [5, 5.41) is 0.618. The van der Waals surface area contributed by atoms with Gasteiger partial charge in [0.15, 0.2) is 11.9 Å². The monoisotopic (exact) mass is 385 g/mol. The van der Waals surface area contributed by atoms with Crippen LogP contribution in [0.5, 0.6) is 0 Å². The molecule has 1 fully saturated rings. The number of aromatic nitrogens is 3. The molecule has 0 unspecified atom stereocenters. The van der Waals surface area contributed by atoms with Crippen molar-refractivity contribution in [1.29, 1.82) is 0 Å². The number of nitrogens with one attached hydrogen (secondary N) is 1. The summed E-state index contributed by atoms with van der Waals surface area (Å²) in [6.45, 7) is 9.59. The van der Waals surface area contributed by atoms with Crippen LogP contribution in [0.25, 0.3) is 10.2 Å². The molecule has 1 atom stereocenters. The highest BCUT2D eigenvalue weighted by Gasteiger charge is 2.29. The number of rotatable bonds is 4. The molecule has 3 aromatic rings. The fourth-order valence-corrected chi connectivity index (χ4v) is 4.66. The van der Waals surface area contributed by atoms with Crippen LogP contribution in [0.15, 0.2) is 10.9 Å². The number of ether oxygens (including phenoxy) is 1. The molecule has 1 N–H and O–H groups in total. The molecule has 4 rings (SSSR count). The van der Waals surface area contributed by atoms with Crippen molar-refractivity contribution in [2.75, 3.05) is 0 Å². The van der Waals surface area contributed by atoms with Gasteiger partial charge in [-0.2, -0.15) is 0 Å². The van der Waals surface area contributed by atoms with Crippen LogP contribution < -0.4 is 5.56 Å². The fraction of sp³-hybridized carbons (Fsp3) is 0.450. The molecule has 1 saturated carbocycles. The van der Waals surface area contributed by atoms with E-state index in [2.05, 4.69) is 14.5 Å². The molecule has 0 saturated heterocycles. The Kier molecular flexibility index (Phi) is 4.22. The maximum Gasteiger partial charge on any atom is 0.340 e. The van der Waals surface area contributed by atoms with E-state index < -0.39 is 6.10 Å². The van der Waals surface area contributed by atoms with Crippen LogP contribution in [0.1, 0.15) is 69.9 Å². The van der Waals surface area contributed by atoms with Gasteiger partial charge in [0.25, 0.3) is 5.56 Å². The Balaban J connectivity index is 1.61. The number of hydrogen-bond acceptors (Lipinski definition) is 5. The predicted octanol–water partition coefficient (Wildman–Crippen LogP) is 4.27. The van der Waals surface area contributed by atoms with Gasteiger partial charge in [0.05, 0.1) is 10.9 Å². The van der Waals surface area contributed by atoms with Crippen molar-refractivity contribution in [2.24, 2.45) is 0 Å². The largest absolute Gasteiger partial charge is 0.451 e. The van der Waals surface area contributed by atoms with Gasteiger partial charge in [0, 0.05) is 22.3 Å². The van der Waals surface area contributed by atoms with Crippen LogP contribution in [0, 0.1) is 27.7 Å². The maximum absolute atomic E-state index is 12.7. The molecular weight excluding hydrogens is 362 g/mol. The van der Waals surface area contributed by atoms with Gasteiger partial charge in [-0.15, -0.1) is 11.3 Å². The second kappa shape index (κ2) is 6.34. The van der Waals surface area contributed by atoms with Gasteiger partial charge >= 0.3 is 5.97 Å². The van der Waals surface area contributed by atoms with Gasteiger partial charge in [0.1, 0.15) is 4.83 Å². The van der Waals surface area contributed by atoms with Gasteiger partial charge in [-0.05, 0) is 59.1 Å². The number of H-pyrrole nitrogens is 1. The van der Waals surface area contributed by atoms with Crippen molar-refractivity contribution < 1.29 is 9.53 Å². The van der Waals surface area contributed by atoms with Crippen LogP contribution in [-0.4, -0.2) is 20.5 Å². The zero-order chi connectivity index (χ0) is 19.5. The minimum atomic E-state index is -0.638. The summed E-state index contributed by atoms with van der Waals surface area (Å²) < 4.78 is 7.85. The molecule has 3 heterocycles. The average Bonchev–Trinajstić information content (AvgIpc) is 3.32. The smallest absolute Gasteiger partial charge is 0.340 e. The predicted molar refractivity (Wildman–Crippen MR) is 106 cm³/mol. The van der Waals surface area contributed by atoms with Gasteiger partial charge in [0.2, 0.25) is 0 Å². The number of hydrogen-bond donors (Lipinski definition) is 1. The van der Waals surface area contributed by atoms with Crippen molar-refractivity contribution >= 4 is 27.5 Å². The first-order valence-corrected chi connectivity index (χ1v) is 9.99. The highest BCUT2D eigenvalue weighted by atomic mass is 32.1. The van der Waals surface area contributed by atoms with Crippen molar-refractivity contribution in [3.8, 4) is 0 Å². The topological polar surface area (TPSA) is 77.0 Å². The number of carbonyl (C=O) groups is 1. The van der Waals surface area contributed by atoms with Gasteiger partial charge in [-0.3, -0.25) is 4.79 Å². The van der Waals surface area contributed by atoms with E-state index in [9.17, 15) is 9.59 Å². The first-order valence-electron chi connectivity index (χ1n) is 9.17. The lowest BCUT2D eigenvalue weighted by atomic mass is 10.2. The van der Waals surface area contributed by atoms with Crippen LogP contribution in [0.3, 0.4) is 0 Å². The summed E-state index contributed by atoms with van der Waals surface area (Å²) in [4.78, 5) is 34.2. The zero-order valence-electron chi connectivity index (χ0n) is 16.2. The molecule has 6 nitrogen and oxygen atoms in total. The number of thiophene rings is 1. The highest BCUT2D eigenvalue weighted by molar-refractivity contribution is 7.18. The van der Waals surface area contributed by atoms with E-state index in [1.165, 1.54) is 11.3 Å². The summed E-state index contributed by atoms with van der Waals surface area (Å²) in [5.41, 5.74) is 3.36. The summed E-state index contributed by atoms with van der Waals surface area (Å²) in [5.74, 6) is -0.0121. The van der Waals surface area contributed by atoms with E-state index in [0.29, 0.717) is 27.6 Å². The first kappa shape index (κ1) is 18.0. The second-order valence-corrected chi connectivity index (χ2v) is 8.55. The summed E-state index contributed by atoms with van der Waals surface area (Å²) in [6.07, 6.45) is 1.68. The number of fused-ring (bicyclic) bond motifs is 1. The van der Waals surface area contributed by atoms with E-state index in [1.54, 1.807) is 6.92 Å². The van der Waals surface area contributed by atoms with E-state index in [4.69, 9.17) is 4.74 Å². The molecule has 0 spiro atoms. The molecule has 0 aliphatic heterocycles. The van der Waals surface area contributed by atoms with Gasteiger partial charge in [-0.25, -0.2) is 9.78 Å². The minimum Gasteiger partial charge on any atom is -0.451 e. The third-order valence-electron chi connectivity index (χ3n) is 5.34. The molecule has 0 bridgehead atoms. The lowest BCUT2D eigenvalue weighted by Crippen LogP contribution is -2.17. The van der Waals surface area contributed by atoms with Gasteiger partial charge in [-0.1, -0.05) is 0 Å². The first-order chi connectivity index (χ1) is 12.8. The molecule has 142 valence electrons. The van der Waals surface area contributed by atoms with Gasteiger partial charge < -0.3 is 14.3 Å². The Morgan fingerprint density at radius 1 is 1.33 bits per heavy atom. The van der Waals surface area contributed by atoms with Crippen molar-refractivity contribution in [1.82, 2.24) is 14.5 Å². The molecule has 0 aromatic carbocycles. The standard InChI is InChI=1S/C20H23N3O3S/c1-9-8-15(11(3)23(9)14-6-7-14)20(25)26-12(4)17-21-18(24)16-10(2)13(5)27-19(16)22-17/h8,12,14H,6-7H2,1-5H3,(H,21,22,24)/t12-/m1/s1. The maximum atomic E-state index is 12.7. The number of aryl methyl sites for hydroxylation is 3. The lowest BCUT2D eigenvalue weighted by molar-refractivity contribution is 0.0319. The molecule has 27 heavy (non-hydrogen) atoms. The number of esters is 1. The van der Waals surface area contributed by atoms with Crippen LogP contribution >= 0.6 is 11.3 Å². The molecule has 0 radical (unpaired) electrons. The number of nitrogens with zero attached hydrogens (tertiary/aromatic N) is 2. The minimum absolute atomic E-state index is 0.188. The third kappa shape index (κ3) is 3.00. The van der Waals surface area contributed by atoms with E-state index in [0.717, 1.165) is 34.7 Å². The molecule has 7 heteroatoms. The molecule has 3 aromatic heterocycles. The van der Waals surface area contributed by atoms with Crippen LogP contribution in [0.2, 0.25) is 0 Å². The average molecular weight is 385 g/mol. The van der Waals surface area contributed by atoms with Crippen molar-refractivity contribution in [3.63, 3.8) is 0 Å². The normalized spacial score (nSPS) is 15.3. The summed E-state index contributed by atoms with van der Waals surface area (Å²) in [7, 11) is 0. The second-order valence-electron chi connectivity index (χ2n) is 7.35. The van der Waals surface area contributed by atoms with E-state index >= 15 is 0 Å². The zero-order valence-corrected chi connectivity index (χ0v) is 17.0. The summed E-state index contributed by atoms with van der Waals surface area (Å²) in [6, 6.07) is 2.39. The molecule has 1 aliphatic rings. The quantitative estimate of drug-likeness (QED) is 0.680.